The zero-order valence-corrected chi connectivity index (χ0v) is 12.8. The summed E-state index contributed by atoms with van der Waals surface area (Å²) >= 11 is 0. The third-order valence-corrected chi connectivity index (χ3v) is 2.86. The van der Waals surface area contributed by atoms with E-state index in [0.717, 1.165) is 26.2 Å². The van der Waals surface area contributed by atoms with Crippen LogP contribution >= 0.6 is 0 Å². The monoisotopic (exact) mass is 264 g/mol. The summed E-state index contributed by atoms with van der Waals surface area (Å²) in [6.45, 7) is 8.91. The summed E-state index contributed by atoms with van der Waals surface area (Å²) in [6.07, 6.45) is 0. The highest BCUT2D eigenvalue weighted by molar-refractivity contribution is 5.21. The molecule has 0 aliphatic rings. The summed E-state index contributed by atoms with van der Waals surface area (Å²) in [5.74, 6) is 0.698. The Morgan fingerprint density at radius 1 is 1.11 bits per heavy atom. The molecule has 0 saturated carbocycles. The SMILES string of the molecule is CC(C)CNCc1ccc(COCCN(C)C)cc1. The predicted octanol–water partition coefficient (Wildman–Crippen LogP) is 2.51. The maximum absolute atomic E-state index is 5.63. The molecule has 1 aromatic rings. The van der Waals surface area contributed by atoms with E-state index >= 15 is 0 Å². The van der Waals surface area contributed by atoms with Crippen LogP contribution < -0.4 is 5.32 Å². The van der Waals surface area contributed by atoms with Gasteiger partial charge >= 0.3 is 0 Å². The number of nitrogens with zero attached hydrogens (tertiary/aromatic N) is 1. The van der Waals surface area contributed by atoms with Crippen LogP contribution in [0.3, 0.4) is 0 Å². The quantitative estimate of drug-likeness (QED) is 0.694. The molecule has 0 atom stereocenters. The van der Waals surface area contributed by atoms with E-state index in [0.29, 0.717) is 12.5 Å². The lowest BCUT2D eigenvalue weighted by molar-refractivity contribution is 0.105. The van der Waals surface area contributed by atoms with E-state index in [-0.39, 0.29) is 0 Å². The lowest BCUT2D eigenvalue weighted by atomic mass is 10.1. The standard InChI is InChI=1S/C16H28N2O/c1-14(2)11-17-12-15-5-7-16(8-6-15)13-19-10-9-18(3)4/h5-8,14,17H,9-13H2,1-4H3. The first kappa shape index (κ1) is 16.2. The Morgan fingerprint density at radius 3 is 2.32 bits per heavy atom. The molecule has 1 aromatic carbocycles. The molecular formula is C16H28N2O. The van der Waals surface area contributed by atoms with Gasteiger partial charge in [0.1, 0.15) is 0 Å². The van der Waals surface area contributed by atoms with Crippen molar-refractivity contribution in [3.05, 3.63) is 35.4 Å². The molecule has 0 amide bonds. The number of benzene rings is 1. The maximum Gasteiger partial charge on any atom is 0.0717 e. The lowest BCUT2D eigenvalue weighted by Gasteiger charge is -2.10. The predicted molar refractivity (Wildman–Crippen MR) is 81.2 cm³/mol. The molecule has 108 valence electrons. The van der Waals surface area contributed by atoms with Crippen molar-refractivity contribution in [1.29, 1.82) is 0 Å². The molecule has 3 heteroatoms. The fraction of sp³-hybridized carbons (Fsp3) is 0.625. The second-order valence-corrected chi connectivity index (χ2v) is 5.70. The minimum absolute atomic E-state index is 0.698. The van der Waals surface area contributed by atoms with E-state index in [4.69, 9.17) is 4.74 Å². The van der Waals surface area contributed by atoms with Crippen molar-refractivity contribution in [1.82, 2.24) is 10.2 Å². The van der Waals surface area contributed by atoms with Gasteiger partial charge < -0.3 is 15.0 Å². The Labute approximate surface area is 118 Å². The van der Waals surface area contributed by atoms with Gasteiger partial charge in [0.05, 0.1) is 13.2 Å². The number of nitrogens with one attached hydrogen (secondary N) is 1. The molecule has 0 unspecified atom stereocenters. The summed E-state index contributed by atoms with van der Waals surface area (Å²) in [5.41, 5.74) is 2.57. The Bertz CT molecular complexity index is 333. The van der Waals surface area contributed by atoms with E-state index in [1.165, 1.54) is 11.1 Å². The molecule has 0 spiro atoms. The van der Waals surface area contributed by atoms with Crippen molar-refractivity contribution in [3.8, 4) is 0 Å². The van der Waals surface area contributed by atoms with Crippen molar-refractivity contribution >= 4 is 0 Å². The average molecular weight is 264 g/mol. The van der Waals surface area contributed by atoms with Gasteiger partial charge in [-0.15, -0.1) is 0 Å². The zero-order chi connectivity index (χ0) is 14.1. The van der Waals surface area contributed by atoms with Gasteiger partial charge in [0.25, 0.3) is 0 Å². The van der Waals surface area contributed by atoms with Crippen LogP contribution in [0.15, 0.2) is 24.3 Å². The smallest absolute Gasteiger partial charge is 0.0717 e. The lowest BCUT2D eigenvalue weighted by Crippen LogP contribution is -2.19. The van der Waals surface area contributed by atoms with Crippen molar-refractivity contribution in [2.45, 2.75) is 27.0 Å². The number of hydrogen-bond acceptors (Lipinski definition) is 3. The summed E-state index contributed by atoms with van der Waals surface area (Å²) < 4.78 is 5.63. The normalized spacial score (nSPS) is 11.5. The average Bonchev–Trinajstić information content (AvgIpc) is 2.36. The Balaban J connectivity index is 2.23. The number of likely N-dealkylation sites (N-methyl/N-ethyl adjacent to an activating group) is 1. The van der Waals surface area contributed by atoms with Gasteiger partial charge in [-0.05, 0) is 37.7 Å². The summed E-state index contributed by atoms with van der Waals surface area (Å²) in [6, 6.07) is 8.67. The van der Waals surface area contributed by atoms with Gasteiger partial charge in [-0.2, -0.15) is 0 Å². The highest BCUT2D eigenvalue weighted by Gasteiger charge is 1.97. The molecule has 0 heterocycles. The van der Waals surface area contributed by atoms with Crippen molar-refractivity contribution in [2.75, 3.05) is 33.8 Å². The largest absolute Gasteiger partial charge is 0.375 e. The zero-order valence-electron chi connectivity index (χ0n) is 12.8. The minimum atomic E-state index is 0.698. The fourth-order valence-corrected chi connectivity index (χ4v) is 1.70. The molecular weight excluding hydrogens is 236 g/mol. The molecule has 19 heavy (non-hydrogen) atoms. The van der Waals surface area contributed by atoms with Gasteiger partial charge in [-0.1, -0.05) is 38.1 Å². The van der Waals surface area contributed by atoms with Crippen LogP contribution in [0.2, 0.25) is 0 Å². The third-order valence-electron chi connectivity index (χ3n) is 2.86. The minimum Gasteiger partial charge on any atom is -0.375 e. The second kappa shape index (κ2) is 9.08. The molecule has 3 nitrogen and oxygen atoms in total. The van der Waals surface area contributed by atoms with Crippen LogP contribution in [0.25, 0.3) is 0 Å². The van der Waals surface area contributed by atoms with Crippen LogP contribution in [0.5, 0.6) is 0 Å². The highest BCUT2D eigenvalue weighted by Crippen LogP contribution is 2.06. The van der Waals surface area contributed by atoms with E-state index < -0.39 is 0 Å². The van der Waals surface area contributed by atoms with E-state index in [1.54, 1.807) is 0 Å². The molecule has 0 aromatic heterocycles. The summed E-state index contributed by atoms with van der Waals surface area (Å²) in [4.78, 5) is 2.13. The Kier molecular flexibility index (Phi) is 7.72. The molecule has 0 fully saturated rings. The molecule has 1 rings (SSSR count). The highest BCUT2D eigenvalue weighted by atomic mass is 16.5. The molecule has 1 N–H and O–H groups in total. The van der Waals surface area contributed by atoms with Crippen LogP contribution in [0, 0.1) is 5.92 Å². The van der Waals surface area contributed by atoms with Gasteiger partial charge in [0.2, 0.25) is 0 Å². The molecule has 0 aliphatic heterocycles. The van der Waals surface area contributed by atoms with Crippen molar-refractivity contribution in [3.63, 3.8) is 0 Å². The van der Waals surface area contributed by atoms with Gasteiger partial charge in [0, 0.05) is 13.1 Å². The van der Waals surface area contributed by atoms with Gasteiger partial charge in [0.15, 0.2) is 0 Å². The Morgan fingerprint density at radius 2 is 1.74 bits per heavy atom. The fourth-order valence-electron chi connectivity index (χ4n) is 1.70. The number of hydrogen-bond donors (Lipinski definition) is 1. The van der Waals surface area contributed by atoms with Crippen molar-refractivity contribution < 1.29 is 4.74 Å². The molecule has 0 radical (unpaired) electrons. The maximum atomic E-state index is 5.63. The molecule has 0 saturated heterocycles. The number of rotatable bonds is 9. The molecule has 0 aliphatic carbocycles. The molecule has 0 bridgehead atoms. The van der Waals surface area contributed by atoms with Crippen LogP contribution in [0.1, 0.15) is 25.0 Å². The van der Waals surface area contributed by atoms with Crippen LogP contribution in [-0.4, -0.2) is 38.7 Å². The van der Waals surface area contributed by atoms with Crippen molar-refractivity contribution in [2.24, 2.45) is 5.92 Å². The van der Waals surface area contributed by atoms with Gasteiger partial charge in [-0.3, -0.25) is 0 Å². The third kappa shape index (κ3) is 7.98. The summed E-state index contributed by atoms with van der Waals surface area (Å²) in [5, 5.41) is 3.45. The second-order valence-electron chi connectivity index (χ2n) is 5.70. The number of ether oxygens (including phenoxy) is 1. The van der Waals surface area contributed by atoms with E-state index in [9.17, 15) is 0 Å². The van der Waals surface area contributed by atoms with Gasteiger partial charge in [-0.25, -0.2) is 0 Å². The van der Waals surface area contributed by atoms with E-state index in [1.807, 2.05) is 0 Å². The van der Waals surface area contributed by atoms with Crippen LogP contribution in [-0.2, 0) is 17.9 Å². The Hall–Kier alpha value is -0.900. The first-order chi connectivity index (χ1) is 9.08. The van der Waals surface area contributed by atoms with Crippen LogP contribution in [0.4, 0.5) is 0 Å². The topological polar surface area (TPSA) is 24.5 Å². The first-order valence-electron chi connectivity index (χ1n) is 7.09. The summed E-state index contributed by atoms with van der Waals surface area (Å²) in [7, 11) is 4.12. The first-order valence-corrected chi connectivity index (χ1v) is 7.09. The van der Waals surface area contributed by atoms with E-state index in [2.05, 4.69) is 62.4 Å².